The van der Waals surface area contributed by atoms with Crippen molar-refractivity contribution in [1.82, 2.24) is 5.06 Å². The zero-order valence-electron chi connectivity index (χ0n) is 11.8. The summed E-state index contributed by atoms with van der Waals surface area (Å²) in [6.07, 6.45) is 5.98. The van der Waals surface area contributed by atoms with Gasteiger partial charge in [-0.15, -0.1) is 5.06 Å². The van der Waals surface area contributed by atoms with Gasteiger partial charge < -0.3 is 4.84 Å². The predicted molar refractivity (Wildman–Crippen MR) is 69.6 cm³/mol. The van der Waals surface area contributed by atoms with Gasteiger partial charge in [0.1, 0.15) is 0 Å². The summed E-state index contributed by atoms with van der Waals surface area (Å²) in [5, 5.41) is 0.591. The van der Waals surface area contributed by atoms with Crippen molar-refractivity contribution in [3.8, 4) is 0 Å². The fourth-order valence-corrected chi connectivity index (χ4v) is 1.61. The van der Waals surface area contributed by atoms with Crippen LogP contribution in [0.1, 0.15) is 52.9 Å². The van der Waals surface area contributed by atoms with E-state index >= 15 is 0 Å². The molecule has 5 heteroatoms. The molecule has 1 saturated heterocycles. The lowest BCUT2D eigenvalue weighted by Crippen LogP contribution is -2.31. The third-order valence-electron chi connectivity index (χ3n) is 2.57. The van der Waals surface area contributed by atoms with Crippen LogP contribution in [0.5, 0.6) is 0 Å². The van der Waals surface area contributed by atoms with Gasteiger partial charge in [0, 0.05) is 19.3 Å². The highest BCUT2D eigenvalue weighted by molar-refractivity contribution is 6.01. The van der Waals surface area contributed by atoms with E-state index in [0.29, 0.717) is 11.5 Å². The van der Waals surface area contributed by atoms with Gasteiger partial charge in [-0.05, 0) is 18.3 Å². The minimum Gasteiger partial charge on any atom is -0.330 e. The fourth-order valence-electron chi connectivity index (χ4n) is 1.61. The average molecular weight is 267 g/mol. The van der Waals surface area contributed by atoms with Crippen LogP contribution in [0.15, 0.2) is 12.2 Å². The summed E-state index contributed by atoms with van der Waals surface area (Å²) in [5.41, 5.74) is 0.134. The van der Waals surface area contributed by atoms with Crippen molar-refractivity contribution < 1.29 is 19.2 Å². The lowest BCUT2D eigenvalue weighted by atomic mass is 9.96. The number of hydrogen-bond donors (Lipinski definition) is 0. The molecule has 0 N–H and O–H groups in total. The largest absolute Gasteiger partial charge is 0.333 e. The van der Waals surface area contributed by atoms with Crippen molar-refractivity contribution in [3.05, 3.63) is 12.2 Å². The summed E-state index contributed by atoms with van der Waals surface area (Å²) in [6, 6.07) is 0. The smallest absolute Gasteiger partial charge is 0.330 e. The fraction of sp³-hybridized carbons (Fsp3) is 0.643. The van der Waals surface area contributed by atoms with Gasteiger partial charge in [-0.3, -0.25) is 9.59 Å². The van der Waals surface area contributed by atoms with Crippen LogP contribution in [0.25, 0.3) is 0 Å². The molecule has 0 aromatic rings. The maximum absolute atomic E-state index is 11.5. The molecule has 0 atom stereocenters. The van der Waals surface area contributed by atoms with Crippen molar-refractivity contribution in [2.24, 2.45) is 5.41 Å². The molecular formula is C14H21NO4. The monoisotopic (exact) mass is 267 g/mol. The van der Waals surface area contributed by atoms with Crippen LogP contribution in [-0.2, 0) is 19.2 Å². The van der Waals surface area contributed by atoms with E-state index in [1.165, 1.54) is 0 Å². The summed E-state index contributed by atoms with van der Waals surface area (Å²) < 4.78 is 0. The molecular weight excluding hydrogens is 246 g/mol. The van der Waals surface area contributed by atoms with Crippen LogP contribution in [0.4, 0.5) is 0 Å². The van der Waals surface area contributed by atoms with Crippen LogP contribution in [0.3, 0.4) is 0 Å². The van der Waals surface area contributed by atoms with Gasteiger partial charge in [-0.2, -0.15) is 0 Å². The second kappa shape index (κ2) is 6.50. The van der Waals surface area contributed by atoms with Gasteiger partial charge in [0.2, 0.25) is 0 Å². The zero-order valence-corrected chi connectivity index (χ0v) is 11.8. The van der Waals surface area contributed by atoms with Gasteiger partial charge in [0.05, 0.1) is 0 Å². The lowest BCUT2D eigenvalue weighted by molar-refractivity contribution is -0.197. The molecule has 0 spiro atoms. The first-order chi connectivity index (χ1) is 8.79. The highest BCUT2D eigenvalue weighted by atomic mass is 16.7. The normalized spacial score (nSPS) is 16.5. The maximum Gasteiger partial charge on any atom is 0.333 e. The Morgan fingerprint density at radius 3 is 2.37 bits per heavy atom. The average Bonchev–Trinajstić information content (AvgIpc) is 2.59. The quantitative estimate of drug-likeness (QED) is 0.436. The summed E-state index contributed by atoms with van der Waals surface area (Å²) in [6.45, 7) is 6.30. The van der Waals surface area contributed by atoms with E-state index in [4.69, 9.17) is 4.84 Å². The Morgan fingerprint density at radius 1 is 1.26 bits per heavy atom. The molecule has 0 bridgehead atoms. The molecule has 1 aliphatic heterocycles. The SMILES string of the molecule is CC(C)(C)/C=C/CCCC(=O)ON1C(=O)CCC1=O. The molecule has 1 fully saturated rings. The molecule has 106 valence electrons. The van der Waals surface area contributed by atoms with Gasteiger partial charge in [0.25, 0.3) is 11.8 Å². The van der Waals surface area contributed by atoms with E-state index in [1.807, 2.05) is 6.08 Å². The minimum absolute atomic E-state index is 0.125. The molecule has 0 saturated carbocycles. The highest BCUT2D eigenvalue weighted by Crippen LogP contribution is 2.16. The number of hydroxylamine groups is 2. The summed E-state index contributed by atoms with van der Waals surface area (Å²) in [5.74, 6) is -1.41. The van der Waals surface area contributed by atoms with Crippen LogP contribution >= 0.6 is 0 Å². The molecule has 19 heavy (non-hydrogen) atoms. The number of carbonyl (C=O) groups is 3. The van der Waals surface area contributed by atoms with Crippen molar-refractivity contribution in [3.63, 3.8) is 0 Å². The molecule has 0 unspecified atom stereocenters. The zero-order chi connectivity index (χ0) is 14.5. The Hall–Kier alpha value is -1.65. The Balaban J connectivity index is 2.24. The topological polar surface area (TPSA) is 63.7 Å². The van der Waals surface area contributed by atoms with E-state index in [-0.39, 0.29) is 24.7 Å². The molecule has 0 aliphatic carbocycles. The number of rotatable bonds is 5. The summed E-state index contributed by atoms with van der Waals surface area (Å²) in [4.78, 5) is 38.7. The van der Waals surface area contributed by atoms with Gasteiger partial charge in [-0.25, -0.2) is 4.79 Å². The molecule has 1 aliphatic rings. The first-order valence-electron chi connectivity index (χ1n) is 6.54. The van der Waals surface area contributed by atoms with Crippen LogP contribution in [-0.4, -0.2) is 22.8 Å². The first kappa shape index (κ1) is 15.4. The van der Waals surface area contributed by atoms with E-state index in [2.05, 4.69) is 26.8 Å². The van der Waals surface area contributed by atoms with Gasteiger partial charge in [0.15, 0.2) is 0 Å². The Kier molecular flexibility index (Phi) is 5.27. The lowest BCUT2D eigenvalue weighted by Gasteiger charge is -2.12. The van der Waals surface area contributed by atoms with Gasteiger partial charge >= 0.3 is 5.97 Å². The van der Waals surface area contributed by atoms with Crippen molar-refractivity contribution in [2.45, 2.75) is 52.9 Å². The number of amides is 2. The van der Waals surface area contributed by atoms with E-state index in [9.17, 15) is 14.4 Å². The van der Waals surface area contributed by atoms with Crippen LogP contribution < -0.4 is 0 Å². The van der Waals surface area contributed by atoms with E-state index in [1.54, 1.807) is 0 Å². The Labute approximate surface area is 113 Å². The second-order valence-electron chi connectivity index (χ2n) is 5.71. The number of carbonyl (C=O) groups excluding carboxylic acids is 3. The van der Waals surface area contributed by atoms with E-state index in [0.717, 1.165) is 6.42 Å². The number of imide groups is 1. The molecule has 5 nitrogen and oxygen atoms in total. The third-order valence-corrected chi connectivity index (χ3v) is 2.57. The summed E-state index contributed by atoms with van der Waals surface area (Å²) in [7, 11) is 0. The third kappa shape index (κ3) is 5.68. The number of allylic oxidation sites excluding steroid dienone is 2. The van der Waals surface area contributed by atoms with Crippen molar-refractivity contribution in [2.75, 3.05) is 0 Å². The minimum atomic E-state index is -0.534. The predicted octanol–water partition coefficient (Wildman–Crippen LogP) is 2.37. The Morgan fingerprint density at radius 2 is 1.84 bits per heavy atom. The summed E-state index contributed by atoms with van der Waals surface area (Å²) >= 11 is 0. The molecule has 0 radical (unpaired) electrons. The number of unbranched alkanes of at least 4 members (excludes halogenated alkanes) is 1. The molecule has 1 rings (SSSR count). The maximum atomic E-state index is 11.5. The van der Waals surface area contributed by atoms with E-state index < -0.39 is 17.8 Å². The van der Waals surface area contributed by atoms with Gasteiger partial charge in [-0.1, -0.05) is 32.9 Å². The molecule has 1 heterocycles. The van der Waals surface area contributed by atoms with Crippen LogP contribution in [0, 0.1) is 5.41 Å². The molecule has 2 amide bonds. The number of hydrogen-bond acceptors (Lipinski definition) is 4. The van der Waals surface area contributed by atoms with Crippen molar-refractivity contribution in [1.29, 1.82) is 0 Å². The van der Waals surface area contributed by atoms with Crippen LogP contribution in [0.2, 0.25) is 0 Å². The second-order valence-corrected chi connectivity index (χ2v) is 5.71. The molecule has 0 aromatic heterocycles. The first-order valence-corrected chi connectivity index (χ1v) is 6.54. The highest BCUT2D eigenvalue weighted by Gasteiger charge is 2.32. The molecule has 0 aromatic carbocycles. The van der Waals surface area contributed by atoms with Crippen molar-refractivity contribution >= 4 is 17.8 Å². The number of nitrogens with zero attached hydrogens (tertiary/aromatic N) is 1. The standard InChI is InChI=1S/C14H21NO4/c1-14(2,3)10-6-4-5-7-13(18)19-15-11(16)8-9-12(15)17/h6,10H,4-5,7-9H2,1-3H3/b10-6+. The Bertz CT molecular complexity index is 377.